The van der Waals surface area contributed by atoms with Crippen molar-refractivity contribution < 1.29 is 0 Å². The van der Waals surface area contributed by atoms with Crippen molar-refractivity contribution in [3.8, 4) is 11.5 Å². The fourth-order valence-electron chi connectivity index (χ4n) is 2.74. The molecule has 0 amide bonds. The maximum Gasteiger partial charge on any atom is 0.156 e. The van der Waals surface area contributed by atoms with E-state index >= 15 is 0 Å². The van der Waals surface area contributed by atoms with Crippen LogP contribution >= 0.6 is 0 Å². The number of aromatic nitrogens is 4. The minimum absolute atomic E-state index is 0.263. The van der Waals surface area contributed by atoms with Crippen LogP contribution in [0.15, 0.2) is 24.4 Å². The molecule has 0 unspecified atom stereocenters. The Bertz CT molecular complexity index is 779. The second-order valence-electron chi connectivity index (χ2n) is 5.76. The predicted octanol–water partition coefficient (Wildman–Crippen LogP) is 2.60. The van der Waals surface area contributed by atoms with Crippen LogP contribution in [0.25, 0.3) is 22.6 Å². The molecule has 5 nitrogen and oxygen atoms in total. The van der Waals surface area contributed by atoms with E-state index in [0.717, 1.165) is 41.2 Å². The molecule has 1 saturated carbocycles. The second kappa shape index (κ2) is 3.93. The summed E-state index contributed by atoms with van der Waals surface area (Å²) < 4.78 is 0. The number of aryl methyl sites for hydroxylation is 1. The van der Waals surface area contributed by atoms with Gasteiger partial charge in [0.15, 0.2) is 5.82 Å². The van der Waals surface area contributed by atoms with Gasteiger partial charge in [0, 0.05) is 0 Å². The Balaban J connectivity index is 1.75. The lowest BCUT2D eigenvalue weighted by atomic mass is 9.77. The molecule has 0 bridgehead atoms. The number of hydrogen-bond acceptors (Lipinski definition) is 3. The van der Waals surface area contributed by atoms with Crippen molar-refractivity contribution in [2.24, 2.45) is 5.73 Å². The normalized spacial score (nSPS) is 17.3. The Morgan fingerprint density at radius 1 is 1.25 bits per heavy atom. The fourth-order valence-corrected chi connectivity index (χ4v) is 2.74. The molecule has 0 aliphatic heterocycles. The Kier molecular flexibility index (Phi) is 2.29. The molecule has 0 spiro atoms. The van der Waals surface area contributed by atoms with E-state index in [9.17, 15) is 0 Å². The molecule has 1 aliphatic carbocycles. The first-order chi connectivity index (χ1) is 9.64. The van der Waals surface area contributed by atoms with Gasteiger partial charge in [-0.3, -0.25) is 0 Å². The first-order valence-corrected chi connectivity index (χ1v) is 6.95. The lowest BCUT2D eigenvalue weighted by molar-refractivity contribution is 0.240. The van der Waals surface area contributed by atoms with Crippen molar-refractivity contribution in [3.05, 3.63) is 35.8 Å². The molecule has 4 N–H and O–H groups in total. The third kappa shape index (κ3) is 1.67. The molecule has 1 fully saturated rings. The molecule has 1 aromatic carbocycles. The Hall–Kier alpha value is -2.14. The minimum Gasteiger partial charge on any atom is -0.338 e. The second-order valence-corrected chi connectivity index (χ2v) is 5.76. The molecular formula is C15H17N5. The summed E-state index contributed by atoms with van der Waals surface area (Å²) in [5.74, 6) is 1.68. The summed E-state index contributed by atoms with van der Waals surface area (Å²) >= 11 is 0. The third-order valence-corrected chi connectivity index (χ3v) is 4.19. The zero-order valence-corrected chi connectivity index (χ0v) is 11.4. The van der Waals surface area contributed by atoms with Crippen LogP contribution in [0.4, 0.5) is 0 Å². The average molecular weight is 267 g/mol. The molecule has 20 heavy (non-hydrogen) atoms. The highest BCUT2D eigenvalue weighted by Gasteiger charge is 2.37. The van der Waals surface area contributed by atoms with E-state index in [2.05, 4.69) is 39.0 Å². The molecule has 0 radical (unpaired) electrons. The van der Waals surface area contributed by atoms with Gasteiger partial charge >= 0.3 is 0 Å². The van der Waals surface area contributed by atoms with Crippen molar-refractivity contribution >= 4 is 11.0 Å². The quantitative estimate of drug-likeness (QED) is 0.667. The summed E-state index contributed by atoms with van der Waals surface area (Å²) in [4.78, 5) is 15.7. The third-order valence-electron chi connectivity index (χ3n) is 4.19. The number of fused-ring (bicyclic) bond motifs is 1. The van der Waals surface area contributed by atoms with Crippen molar-refractivity contribution in [3.63, 3.8) is 0 Å². The highest BCUT2D eigenvalue weighted by atomic mass is 15.0. The number of imidazole rings is 2. The van der Waals surface area contributed by atoms with Gasteiger partial charge in [-0.2, -0.15) is 0 Å². The van der Waals surface area contributed by atoms with Gasteiger partial charge in [0.25, 0.3) is 0 Å². The minimum atomic E-state index is -0.263. The zero-order chi connectivity index (χ0) is 13.7. The van der Waals surface area contributed by atoms with Crippen molar-refractivity contribution in [2.75, 3.05) is 0 Å². The Morgan fingerprint density at radius 2 is 2.10 bits per heavy atom. The van der Waals surface area contributed by atoms with Crippen LogP contribution in [0.5, 0.6) is 0 Å². The first-order valence-electron chi connectivity index (χ1n) is 6.95. The van der Waals surface area contributed by atoms with Gasteiger partial charge < -0.3 is 15.7 Å². The van der Waals surface area contributed by atoms with Gasteiger partial charge in [0.1, 0.15) is 11.5 Å². The summed E-state index contributed by atoms with van der Waals surface area (Å²) in [6.45, 7) is 2.07. The van der Waals surface area contributed by atoms with E-state index in [0.29, 0.717) is 0 Å². The molecule has 2 aromatic heterocycles. The van der Waals surface area contributed by atoms with Crippen LogP contribution in [0, 0.1) is 6.92 Å². The topological polar surface area (TPSA) is 83.4 Å². The number of aromatic amines is 2. The summed E-state index contributed by atoms with van der Waals surface area (Å²) in [5.41, 5.74) is 10.1. The molecule has 0 atom stereocenters. The maximum atomic E-state index is 6.29. The van der Waals surface area contributed by atoms with Gasteiger partial charge in [-0.1, -0.05) is 6.07 Å². The molecule has 0 saturated heterocycles. The van der Waals surface area contributed by atoms with Gasteiger partial charge in [-0.15, -0.1) is 0 Å². The molecule has 1 aliphatic rings. The van der Waals surface area contributed by atoms with E-state index in [1.54, 1.807) is 0 Å². The van der Waals surface area contributed by atoms with Crippen LogP contribution in [0.2, 0.25) is 0 Å². The van der Waals surface area contributed by atoms with Gasteiger partial charge in [-0.25, -0.2) is 9.97 Å². The molecule has 2 heterocycles. The molecule has 3 aromatic rings. The summed E-state index contributed by atoms with van der Waals surface area (Å²) in [5, 5.41) is 0. The van der Waals surface area contributed by atoms with E-state index in [1.165, 1.54) is 12.0 Å². The first kappa shape index (κ1) is 11.7. The number of H-pyrrole nitrogens is 2. The van der Waals surface area contributed by atoms with E-state index in [1.807, 2.05) is 12.3 Å². The van der Waals surface area contributed by atoms with Crippen LogP contribution in [0.1, 0.15) is 30.7 Å². The largest absolute Gasteiger partial charge is 0.338 e. The highest BCUT2D eigenvalue weighted by molar-refractivity contribution is 5.79. The van der Waals surface area contributed by atoms with E-state index in [-0.39, 0.29) is 5.54 Å². The predicted molar refractivity (Wildman–Crippen MR) is 78.1 cm³/mol. The van der Waals surface area contributed by atoms with Gasteiger partial charge in [0.2, 0.25) is 0 Å². The smallest absolute Gasteiger partial charge is 0.156 e. The Morgan fingerprint density at radius 3 is 2.85 bits per heavy atom. The van der Waals surface area contributed by atoms with Crippen molar-refractivity contribution in [1.82, 2.24) is 19.9 Å². The molecule has 102 valence electrons. The van der Waals surface area contributed by atoms with Gasteiger partial charge in [0.05, 0.1) is 22.8 Å². The lowest BCUT2D eigenvalue weighted by Crippen LogP contribution is -2.44. The van der Waals surface area contributed by atoms with Crippen molar-refractivity contribution in [2.45, 2.75) is 31.7 Å². The summed E-state index contributed by atoms with van der Waals surface area (Å²) in [6.07, 6.45) is 4.99. The number of nitrogens with two attached hydrogens (primary N) is 1. The highest BCUT2D eigenvalue weighted by Crippen LogP contribution is 2.37. The molecule has 4 rings (SSSR count). The van der Waals surface area contributed by atoms with E-state index < -0.39 is 0 Å². The van der Waals surface area contributed by atoms with Crippen molar-refractivity contribution in [1.29, 1.82) is 0 Å². The number of nitrogens with one attached hydrogen (secondary N) is 2. The fraction of sp³-hybridized carbons (Fsp3) is 0.333. The van der Waals surface area contributed by atoms with Crippen LogP contribution in [0.3, 0.4) is 0 Å². The molecule has 5 heteroatoms. The summed E-state index contributed by atoms with van der Waals surface area (Å²) in [7, 11) is 0. The average Bonchev–Trinajstić information content (AvgIpc) is 3.01. The monoisotopic (exact) mass is 267 g/mol. The number of benzene rings is 1. The van der Waals surface area contributed by atoms with Gasteiger partial charge in [-0.05, 0) is 43.9 Å². The van der Waals surface area contributed by atoms with E-state index in [4.69, 9.17) is 5.73 Å². The van der Waals surface area contributed by atoms with Crippen LogP contribution in [-0.4, -0.2) is 19.9 Å². The number of hydrogen-bond donors (Lipinski definition) is 3. The number of nitrogens with zero attached hydrogens (tertiary/aromatic N) is 2. The SMILES string of the molecule is Cc1ccc2nc(-c3cnc(C4(N)CCC4)[nH]3)[nH]c2c1. The summed E-state index contributed by atoms with van der Waals surface area (Å²) in [6, 6.07) is 6.19. The lowest BCUT2D eigenvalue weighted by Gasteiger charge is -2.35. The van der Waals surface area contributed by atoms with Crippen LogP contribution in [-0.2, 0) is 5.54 Å². The maximum absolute atomic E-state index is 6.29. The molecular weight excluding hydrogens is 250 g/mol. The Labute approximate surface area is 116 Å². The standard InChI is InChI=1S/C15H17N5/c1-9-3-4-10-11(7-9)19-13(18-10)12-8-17-14(20-12)15(16)5-2-6-15/h3-4,7-8H,2,5-6,16H2,1H3,(H,17,20)(H,18,19). The zero-order valence-electron chi connectivity index (χ0n) is 11.4. The number of rotatable bonds is 2. The van der Waals surface area contributed by atoms with Crippen LogP contribution < -0.4 is 5.73 Å².